The first-order valence-electron chi connectivity index (χ1n) is 7.00. The Morgan fingerprint density at radius 1 is 1.53 bits per heavy atom. The van der Waals surface area contributed by atoms with Crippen molar-refractivity contribution in [3.63, 3.8) is 0 Å². The van der Waals surface area contributed by atoms with Crippen molar-refractivity contribution in [1.82, 2.24) is 10.3 Å². The molecule has 0 aliphatic heterocycles. The molecule has 0 aromatic carbocycles. The Bertz CT molecular complexity index is 436. The van der Waals surface area contributed by atoms with E-state index in [2.05, 4.69) is 17.2 Å². The van der Waals surface area contributed by atoms with Gasteiger partial charge in [-0.25, -0.2) is 5.84 Å². The highest BCUT2D eigenvalue weighted by Gasteiger charge is 2.23. The second-order valence-electron chi connectivity index (χ2n) is 5.20. The zero-order valence-corrected chi connectivity index (χ0v) is 11.7. The molecule has 3 N–H and O–H groups in total. The Balaban J connectivity index is 2.07. The van der Waals surface area contributed by atoms with Crippen LogP contribution in [-0.4, -0.2) is 23.4 Å². The van der Waals surface area contributed by atoms with Crippen molar-refractivity contribution in [3.8, 4) is 0 Å². The first kappa shape index (κ1) is 14.1. The first-order valence-corrected chi connectivity index (χ1v) is 7.00. The lowest BCUT2D eigenvalue weighted by Crippen LogP contribution is -2.32. The Morgan fingerprint density at radius 3 is 2.79 bits per heavy atom. The van der Waals surface area contributed by atoms with Gasteiger partial charge in [0.1, 0.15) is 5.76 Å². The maximum absolute atomic E-state index is 11.5. The number of aryl methyl sites for hydroxylation is 1. The van der Waals surface area contributed by atoms with Crippen molar-refractivity contribution >= 4 is 5.91 Å². The summed E-state index contributed by atoms with van der Waals surface area (Å²) in [6, 6.07) is 2.59. The number of furan rings is 1. The van der Waals surface area contributed by atoms with E-state index in [1.165, 1.54) is 25.7 Å². The molecule has 0 bridgehead atoms. The summed E-state index contributed by atoms with van der Waals surface area (Å²) in [4.78, 5) is 13.9. The largest absolute Gasteiger partial charge is 0.454 e. The van der Waals surface area contributed by atoms with E-state index in [0.717, 1.165) is 24.4 Å². The summed E-state index contributed by atoms with van der Waals surface area (Å²) in [7, 11) is 0. The molecule has 1 saturated carbocycles. The average molecular weight is 265 g/mol. The number of rotatable bonds is 5. The first-order chi connectivity index (χ1) is 9.15. The molecular weight excluding hydrogens is 242 g/mol. The summed E-state index contributed by atoms with van der Waals surface area (Å²) in [5.74, 6) is 5.93. The van der Waals surface area contributed by atoms with Gasteiger partial charge in [-0.05, 0) is 32.4 Å². The molecule has 0 atom stereocenters. The maximum atomic E-state index is 11.5. The van der Waals surface area contributed by atoms with Gasteiger partial charge in [-0.15, -0.1) is 0 Å². The molecule has 1 heterocycles. The number of nitrogens with zero attached hydrogens (tertiary/aromatic N) is 1. The fraction of sp³-hybridized carbons (Fsp3) is 0.643. The number of hydrazine groups is 1. The highest BCUT2D eigenvalue weighted by atomic mass is 16.4. The molecule has 2 rings (SSSR count). The number of carbonyl (C=O) groups excluding carboxylic acids is 1. The molecule has 1 aliphatic rings. The number of nitrogens with two attached hydrogens (primary N) is 1. The minimum Gasteiger partial charge on any atom is -0.454 e. The monoisotopic (exact) mass is 265 g/mol. The third-order valence-electron chi connectivity index (χ3n) is 3.91. The normalized spacial score (nSPS) is 16.2. The van der Waals surface area contributed by atoms with Gasteiger partial charge in [0.05, 0.1) is 6.54 Å². The zero-order valence-electron chi connectivity index (χ0n) is 11.7. The van der Waals surface area contributed by atoms with E-state index in [9.17, 15) is 4.79 Å². The van der Waals surface area contributed by atoms with E-state index < -0.39 is 0 Å². The van der Waals surface area contributed by atoms with Crippen molar-refractivity contribution in [3.05, 3.63) is 23.2 Å². The quantitative estimate of drug-likeness (QED) is 0.485. The molecule has 0 saturated heterocycles. The molecule has 0 spiro atoms. The summed E-state index contributed by atoms with van der Waals surface area (Å²) in [6.07, 6.45) is 5.17. The van der Waals surface area contributed by atoms with Crippen LogP contribution in [0.3, 0.4) is 0 Å². The average Bonchev–Trinajstić information content (AvgIpc) is 3.04. The zero-order chi connectivity index (χ0) is 13.8. The molecule has 1 aromatic heterocycles. The molecule has 1 amide bonds. The molecule has 1 aliphatic carbocycles. The van der Waals surface area contributed by atoms with Crippen molar-refractivity contribution in [2.45, 2.75) is 52.1 Å². The lowest BCUT2D eigenvalue weighted by molar-refractivity contribution is 0.0919. The molecule has 1 aromatic rings. The van der Waals surface area contributed by atoms with E-state index in [4.69, 9.17) is 10.3 Å². The van der Waals surface area contributed by atoms with Crippen molar-refractivity contribution in [1.29, 1.82) is 0 Å². The van der Waals surface area contributed by atoms with E-state index >= 15 is 0 Å². The number of carbonyl (C=O) groups is 1. The Hall–Kier alpha value is -1.33. The molecule has 19 heavy (non-hydrogen) atoms. The van der Waals surface area contributed by atoms with Gasteiger partial charge in [0, 0.05) is 11.6 Å². The predicted molar refractivity (Wildman–Crippen MR) is 73.4 cm³/mol. The number of nitrogen functional groups attached to an aromatic ring is 1. The van der Waals surface area contributed by atoms with Crippen LogP contribution in [0.25, 0.3) is 0 Å². The van der Waals surface area contributed by atoms with Crippen LogP contribution in [0.2, 0.25) is 0 Å². The third-order valence-corrected chi connectivity index (χ3v) is 3.91. The van der Waals surface area contributed by atoms with Gasteiger partial charge in [-0.2, -0.15) is 0 Å². The second kappa shape index (κ2) is 6.21. The second-order valence-corrected chi connectivity index (χ2v) is 5.20. The molecule has 5 heteroatoms. The van der Waals surface area contributed by atoms with Crippen LogP contribution in [0, 0.1) is 6.92 Å². The summed E-state index contributed by atoms with van der Waals surface area (Å²) in [6.45, 7) is 5.80. The molecule has 0 radical (unpaired) electrons. The maximum Gasteiger partial charge on any atom is 0.301 e. The molecule has 0 unspecified atom stereocenters. The fourth-order valence-corrected chi connectivity index (χ4v) is 2.89. The summed E-state index contributed by atoms with van der Waals surface area (Å²) in [5.41, 5.74) is 2.95. The molecule has 106 valence electrons. The SMILES string of the molecule is CCN(Cc1cc(C)c(C(=O)NN)o1)C1CCCC1. The number of hydrogen-bond donors (Lipinski definition) is 2. The van der Waals surface area contributed by atoms with Gasteiger partial charge in [0.25, 0.3) is 0 Å². The number of amides is 1. The van der Waals surface area contributed by atoms with Gasteiger partial charge >= 0.3 is 5.91 Å². The van der Waals surface area contributed by atoms with Crippen LogP contribution in [0.5, 0.6) is 0 Å². The Kier molecular flexibility index (Phi) is 4.61. The standard InChI is InChI=1S/C14H23N3O2/c1-3-17(11-6-4-5-7-11)9-12-8-10(2)13(19-12)14(18)16-15/h8,11H,3-7,9,15H2,1-2H3,(H,16,18). The van der Waals surface area contributed by atoms with Gasteiger partial charge in [0.15, 0.2) is 5.76 Å². The van der Waals surface area contributed by atoms with Crippen molar-refractivity contribution in [2.24, 2.45) is 5.84 Å². The van der Waals surface area contributed by atoms with E-state index in [0.29, 0.717) is 11.8 Å². The summed E-state index contributed by atoms with van der Waals surface area (Å²) in [5, 5.41) is 0. The fourth-order valence-electron chi connectivity index (χ4n) is 2.89. The topological polar surface area (TPSA) is 71.5 Å². The van der Waals surface area contributed by atoms with Gasteiger partial charge in [-0.1, -0.05) is 19.8 Å². The van der Waals surface area contributed by atoms with Gasteiger partial charge in [0.2, 0.25) is 0 Å². The lowest BCUT2D eigenvalue weighted by Gasteiger charge is -2.26. The van der Waals surface area contributed by atoms with Crippen LogP contribution in [0.4, 0.5) is 0 Å². The van der Waals surface area contributed by atoms with Crippen molar-refractivity contribution < 1.29 is 9.21 Å². The van der Waals surface area contributed by atoms with Gasteiger partial charge < -0.3 is 4.42 Å². The lowest BCUT2D eigenvalue weighted by atomic mass is 10.2. The van der Waals surface area contributed by atoms with Crippen LogP contribution in [0.15, 0.2) is 10.5 Å². The highest BCUT2D eigenvalue weighted by molar-refractivity contribution is 5.92. The van der Waals surface area contributed by atoms with Crippen LogP contribution >= 0.6 is 0 Å². The minimum atomic E-state index is -0.368. The number of hydrogen-bond acceptors (Lipinski definition) is 4. The summed E-state index contributed by atoms with van der Waals surface area (Å²) < 4.78 is 5.63. The van der Waals surface area contributed by atoms with E-state index in [1.54, 1.807) is 0 Å². The summed E-state index contributed by atoms with van der Waals surface area (Å²) >= 11 is 0. The minimum absolute atomic E-state index is 0.319. The molecule has 1 fully saturated rings. The van der Waals surface area contributed by atoms with E-state index in [1.807, 2.05) is 13.0 Å². The van der Waals surface area contributed by atoms with Crippen LogP contribution in [0.1, 0.15) is 54.5 Å². The van der Waals surface area contributed by atoms with E-state index in [-0.39, 0.29) is 5.91 Å². The van der Waals surface area contributed by atoms with Crippen LogP contribution < -0.4 is 11.3 Å². The highest BCUT2D eigenvalue weighted by Crippen LogP contribution is 2.25. The third kappa shape index (κ3) is 3.16. The smallest absolute Gasteiger partial charge is 0.301 e. The predicted octanol–water partition coefficient (Wildman–Crippen LogP) is 1.96. The van der Waals surface area contributed by atoms with Crippen LogP contribution in [-0.2, 0) is 6.54 Å². The number of nitrogens with one attached hydrogen (secondary N) is 1. The molecule has 5 nitrogen and oxygen atoms in total. The molecular formula is C14H23N3O2. The van der Waals surface area contributed by atoms with Gasteiger partial charge in [-0.3, -0.25) is 15.1 Å². The van der Waals surface area contributed by atoms with Crippen molar-refractivity contribution in [2.75, 3.05) is 6.54 Å². The Labute approximate surface area is 114 Å². The Morgan fingerprint density at radius 2 is 2.21 bits per heavy atom.